The third-order valence-corrected chi connectivity index (χ3v) is 4.99. The molecule has 0 heterocycles. The van der Waals surface area contributed by atoms with Crippen molar-refractivity contribution in [2.24, 2.45) is 17.0 Å². The highest BCUT2D eigenvalue weighted by Gasteiger charge is 2.32. The monoisotopic (exact) mass is 296 g/mol. The molecule has 2 N–H and O–H groups in total. The Morgan fingerprint density at radius 2 is 1.85 bits per heavy atom. The van der Waals surface area contributed by atoms with Gasteiger partial charge in [-0.3, -0.25) is 4.79 Å². The Labute approximate surface area is 119 Å². The van der Waals surface area contributed by atoms with Gasteiger partial charge in [0.1, 0.15) is 0 Å². The van der Waals surface area contributed by atoms with Crippen LogP contribution < -0.4 is 10.0 Å². The van der Waals surface area contributed by atoms with Crippen LogP contribution in [0.5, 0.6) is 0 Å². The highest BCUT2D eigenvalue weighted by atomic mass is 32.2. The number of nitrogens with two attached hydrogens (primary N) is 1. The molecular formula is C14H20N2O3S. The van der Waals surface area contributed by atoms with Crippen molar-refractivity contribution < 1.29 is 13.2 Å². The lowest BCUT2D eigenvalue weighted by molar-refractivity contribution is -0.122. The van der Waals surface area contributed by atoms with Crippen LogP contribution in [0.1, 0.15) is 26.2 Å². The van der Waals surface area contributed by atoms with Crippen molar-refractivity contribution in [3.05, 3.63) is 24.3 Å². The minimum Gasteiger partial charge on any atom is -0.315 e. The van der Waals surface area contributed by atoms with E-state index in [9.17, 15) is 13.2 Å². The van der Waals surface area contributed by atoms with Crippen LogP contribution in [-0.4, -0.2) is 21.4 Å². The summed E-state index contributed by atoms with van der Waals surface area (Å²) >= 11 is 0. The highest BCUT2D eigenvalue weighted by molar-refractivity contribution is 7.89. The molecular weight excluding hydrogens is 276 g/mol. The molecule has 20 heavy (non-hydrogen) atoms. The molecule has 0 aliphatic heterocycles. The summed E-state index contributed by atoms with van der Waals surface area (Å²) in [6, 6.07) is 6.06. The van der Waals surface area contributed by atoms with Crippen LogP contribution in [-0.2, 0) is 14.8 Å². The average Bonchev–Trinajstić information content (AvgIpc) is 2.82. The third kappa shape index (κ3) is 3.02. The van der Waals surface area contributed by atoms with Crippen molar-refractivity contribution in [1.82, 2.24) is 0 Å². The average molecular weight is 296 g/mol. The maximum Gasteiger partial charge on any atom is 0.238 e. The maximum atomic E-state index is 12.4. The first-order chi connectivity index (χ1) is 9.30. The molecule has 0 saturated heterocycles. The number of hydrogen-bond acceptors (Lipinski definition) is 3. The van der Waals surface area contributed by atoms with E-state index in [1.807, 2.05) is 0 Å². The van der Waals surface area contributed by atoms with Crippen LogP contribution >= 0.6 is 0 Å². The highest BCUT2D eigenvalue weighted by Crippen LogP contribution is 2.33. The number of anilines is 1. The molecule has 1 saturated carbocycles. The topological polar surface area (TPSA) is 80.5 Å². The summed E-state index contributed by atoms with van der Waals surface area (Å²) in [5.74, 6) is 0.574. The fourth-order valence-electron chi connectivity index (χ4n) is 2.75. The zero-order valence-corrected chi connectivity index (χ0v) is 12.6. The Balaban J connectivity index is 2.17. The lowest BCUT2D eigenvalue weighted by Gasteiger charge is -2.23. The second-order valence-corrected chi connectivity index (χ2v) is 7.01. The summed E-state index contributed by atoms with van der Waals surface area (Å²) < 4.78 is 22.4. The van der Waals surface area contributed by atoms with Crippen LogP contribution in [0.2, 0.25) is 0 Å². The Morgan fingerprint density at radius 3 is 2.30 bits per heavy atom. The molecule has 2 unspecified atom stereocenters. The molecule has 1 amide bonds. The quantitative estimate of drug-likeness (QED) is 0.922. The number of sulfonamides is 1. The minimum absolute atomic E-state index is 0.0522. The Kier molecular flexibility index (Phi) is 4.15. The SMILES string of the molecule is CC1CCCC1C(=O)N(C)c1ccc(S(N)(=O)=O)cc1. The largest absolute Gasteiger partial charge is 0.315 e. The Morgan fingerprint density at radius 1 is 1.25 bits per heavy atom. The van der Waals surface area contributed by atoms with Gasteiger partial charge in [-0.05, 0) is 43.0 Å². The Hall–Kier alpha value is -1.40. The molecule has 0 bridgehead atoms. The summed E-state index contributed by atoms with van der Waals surface area (Å²) in [6.07, 6.45) is 3.12. The molecule has 1 fully saturated rings. The van der Waals surface area contributed by atoms with Crippen molar-refractivity contribution in [2.45, 2.75) is 31.1 Å². The van der Waals surface area contributed by atoms with Crippen molar-refractivity contribution in [3.8, 4) is 0 Å². The van der Waals surface area contributed by atoms with Crippen molar-refractivity contribution in [2.75, 3.05) is 11.9 Å². The maximum absolute atomic E-state index is 12.4. The lowest BCUT2D eigenvalue weighted by Crippen LogP contribution is -2.34. The van der Waals surface area contributed by atoms with E-state index >= 15 is 0 Å². The van der Waals surface area contributed by atoms with Gasteiger partial charge in [-0.1, -0.05) is 13.3 Å². The van der Waals surface area contributed by atoms with E-state index in [0.29, 0.717) is 11.6 Å². The molecule has 1 aliphatic carbocycles. The second-order valence-electron chi connectivity index (χ2n) is 5.45. The van der Waals surface area contributed by atoms with E-state index in [0.717, 1.165) is 19.3 Å². The van der Waals surface area contributed by atoms with E-state index in [2.05, 4.69) is 6.92 Å². The van der Waals surface area contributed by atoms with Gasteiger partial charge in [0, 0.05) is 18.7 Å². The van der Waals surface area contributed by atoms with Gasteiger partial charge in [-0.15, -0.1) is 0 Å². The van der Waals surface area contributed by atoms with Crippen LogP contribution in [0.15, 0.2) is 29.2 Å². The smallest absolute Gasteiger partial charge is 0.238 e. The fraction of sp³-hybridized carbons (Fsp3) is 0.500. The summed E-state index contributed by atoms with van der Waals surface area (Å²) in [5.41, 5.74) is 0.682. The first-order valence-corrected chi connectivity index (χ1v) is 8.26. The van der Waals surface area contributed by atoms with Crippen LogP contribution in [0, 0.1) is 11.8 Å². The predicted molar refractivity (Wildman–Crippen MR) is 77.7 cm³/mol. The number of benzene rings is 1. The molecule has 1 aliphatic rings. The van der Waals surface area contributed by atoms with E-state index in [1.54, 1.807) is 24.1 Å². The zero-order valence-electron chi connectivity index (χ0n) is 11.7. The number of rotatable bonds is 3. The summed E-state index contributed by atoms with van der Waals surface area (Å²) in [4.78, 5) is 14.1. The third-order valence-electron chi connectivity index (χ3n) is 4.06. The van der Waals surface area contributed by atoms with Gasteiger partial charge in [0.25, 0.3) is 0 Å². The van der Waals surface area contributed by atoms with Crippen LogP contribution in [0.4, 0.5) is 5.69 Å². The van der Waals surface area contributed by atoms with E-state index in [1.165, 1.54) is 12.1 Å². The summed E-state index contributed by atoms with van der Waals surface area (Å²) in [5, 5.41) is 5.05. The molecule has 0 radical (unpaired) electrons. The van der Waals surface area contributed by atoms with Gasteiger partial charge in [0.15, 0.2) is 0 Å². The Bertz CT molecular complexity index is 595. The van der Waals surface area contributed by atoms with Crippen molar-refractivity contribution >= 4 is 21.6 Å². The fourth-order valence-corrected chi connectivity index (χ4v) is 3.26. The van der Waals surface area contributed by atoms with E-state index in [4.69, 9.17) is 5.14 Å². The zero-order chi connectivity index (χ0) is 14.9. The molecule has 2 rings (SSSR count). The van der Waals surface area contributed by atoms with Gasteiger partial charge in [-0.2, -0.15) is 0 Å². The first kappa shape index (κ1) is 15.0. The van der Waals surface area contributed by atoms with Crippen LogP contribution in [0.3, 0.4) is 0 Å². The molecule has 2 atom stereocenters. The second kappa shape index (κ2) is 5.54. The summed E-state index contributed by atoms with van der Waals surface area (Å²) in [7, 11) is -1.97. The standard InChI is InChI=1S/C14H20N2O3S/c1-10-4-3-5-13(10)14(17)16(2)11-6-8-12(9-7-11)20(15,18)19/h6-10,13H,3-5H2,1-2H3,(H2,15,18,19). The van der Waals surface area contributed by atoms with E-state index in [-0.39, 0.29) is 16.7 Å². The number of amides is 1. The predicted octanol–water partition coefficient (Wildman–Crippen LogP) is 1.73. The number of nitrogens with zero attached hydrogens (tertiary/aromatic N) is 1. The minimum atomic E-state index is -3.69. The number of carbonyl (C=O) groups is 1. The first-order valence-electron chi connectivity index (χ1n) is 6.71. The van der Waals surface area contributed by atoms with Crippen molar-refractivity contribution in [1.29, 1.82) is 0 Å². The van der Waals surface area contributed by atoms with Gasteiger partial charge < -0.3 is 4.90 Å². The number of primary sulfonamides is 1. The number of carbonyl (C=O) groups excluding carboxylic acids is 1. The normalized spacial score (nSPS) is 22.8. The number of hydrogen-bond donors (Lipinski definition) is 1. The molecule has 0 spiro atoms. The van der Waals surface area contributed by atoms with Gasteiger partial charge >= 0.3 is 0 Å². The molecule has 5 nitrogen and oxygen atoms in total. The van der Waals surface area contributed by atoms with Gasteiger partial charge in [0.2, 0.25) is 15.9 Å². The molecule has 1 aromatic carbocycles. The van der Waals surface area contributed by atoms with E-state index < -0.39 is 10.0 Å². The molecule has 0 aromatic heterocycles. The molecule has 1 aromatic rings. The molecule has 110 valence electrons. The molecule has 6 heteroatoms. The lowest BCUT2D eigenvalue weighted by atomic mass is 9.96. The van der Waals surface area contributed by atoms with Gasteiger partial charge in [0.05, 0.1) is 4.90 Å². The summed E-state index contributed by atoms with van der Waals surface area (Å²) in [6.45, 7) is 2.10. The van der Waals surface area contributed by atoms with Crippen molar-refractivity contribution in [3.63, 3.8) is 0 Å². The van der Waals surface area contributed by atoms with Gasteiger partial charge in [-0.25, -0.2) is 13.6 Å². The van der Waals surface area contributed by atoms with Crippen LogP contribution in [0.25, 0.3) is 0 Å².